The van der Waals surface area contributed by atoms with Crippen LogP contribution in [0.15, 0.2) is 48.5 Å². The molecule has 0 amide bonds. The Kier molecular flexibility index (Phi) is 2.41. The summed E-state index contributed by atoms with van der Waals surface area (Å²) in [5, 5.41) is 1.12. The highest BCUT2D eigenvalue weighted by molar-refractivity contribution is 7.22. The number of benzene rings is 2. The summed E-state index contributed by atoms with van der Waals surface area (Å²) >= 11 is 1.58. The molecule has 0 saturated carbocycles. The van der Waals surface area contributed by atoms with Crippen molar-refractivity contribution in [2.75, 3.05) is 0 Å². The number of thiophene rings is 1. The van der Waals surface area contributed by atoms with Crippen LogP contribution in [-0.2, 0) is 0 Å². The summed E-state index contributed by atoms with van der Waals surface area (Å²) in [7, 11) is 0. The van der Waals surface area contributed by atoms with Crippen molar-refractivity contribution in [1.82, 2.24) is 0 Å². The van der Waals surface area contributed by atoms with E-state index in [2.05, 4.69) is 0 Å². The summed E-state index contributed by atoms with van der Waals surface area (Å²) < 4.78 is 27.1. The van der Waals surface area contributed by atoms with Crippen molar-refractivity contribution in [2.45, 2.75) is 0 Å². The topological polar surface area (TPSA) is 0 Å². The molecule has 0 saturated heterocycles. The van der Waals surface area contributed by atoms with E-state index < -0.39 is 11.6 Å². The first kappa shape index (κ1) is 10.4. The minimum atomic E-state index is -0.810. The molecule has 0 N–H and O–H groups in total. The number of halogens is 2. The van der Waals surface area contributed by atoms with Crippen LogP contribution in [-0.4, -0.2) is 0 Å². The molecular weight excluding hydrogens is 238 g/mol. The van der Waals surface area contributed by atoms with Gasteiger partial charge in [0.1, 0.15) is 0 Å². The molecular formula is C14H8F2S. The molecule has 0 unspecified atom stereocenters. The molecule has 2 aromatic carbocycles. The maximum atomic E-state index is 13.1. The Morgan fingerprint density at radius 2 is 1.65 bits per heavy atom. The quantitative estimate of drug-likeness (QED) is 0.576. The highest BCUT2D eigenvalue weighted by Gasteiger charge is 2.07. The SMILES string of the molecule is Fc1ccc(-c2cc3ccccc3s2)cc1F. The van der Waals surface area contributed by atoms with Crippen LogP contribution in [0.1, 0.15) is 0 Å². The summed E-state index contributed by atoms with van der Waals surface area (Å²) in [4.78, 5) is 0.949. The number of hydrogen-bond donors (Lipinski definition) is 0. The van der Waals surface area contributed by atoms with Crippen molar-refractivity contribution in [3.8, 4) is 10.4 Å². The van der Waals surface area contributed by atoms with Gasteiger partial charge in [-0.15, -0.1) is 11.3 Å². The first-order valence-corrected chi connectivity index (χ1v) is 6.00. The van der Waals surface area contributed by atoms with Gasteiger partial charge in [0.15, 0.2) is 11.6 Å². The first-order valence-electron chi connectivity index (χ1n) is 5.18. The summed E-state index contributed by atoms with van der Waals surface area (Å²) in [5.41, 5.74) is 0.713. The Balaban J connectivity index is 2.17. The second-order valence-electron chi connectivity index (χ2n) is 3.78. The lowest BCUT2D eigenvalue weighted by molar-refractivity contribution is 0.509. The van der Waals surface area contributed by atoms with E-state index in [9.17, 15) is 8.78 Å². The normalized spacial score (nSPS) is 10.9. The third kappa shape index (κ3) is 1.83. The van der Waals surface area contributed by atoms with Crippen LogP contribution in [0.5, 0.6) is 0 Å². The lowest BCUT2D eigenvalue weighted by atomic mass is 10.1. The van der Waals surface area contributed by atoms with E-state index in [1.807, 2.05) is 30.3 Å². The Labute approximate surface area is 101 Å². The van der Waals surface area contributed by atoms with E-state index in [0.29, 0.717) is 5.56 Å². The zero-order chi connectivity index (χ0) is 11.8. The smallest absolute Gasteiger partial charge is 0.159 e. The van der Waals surface area contributed by atoms with Crippen LogP contribution in [0.2, 0.25) is 0 Å². The van der Waals surface area contributed by atoms with Crippen LogP contribution in [0.25, 0.3) is 20.5 Å². The highest BCUT2D eigenvalue weighted by Crippen LogP contribution is 2.33. The Hall–Kier alpha value is -1.74. The van der Waals surface area contributed by atoms with Gasteiger partial charge in [0.05, 0.1) is 0 Å². The third-order valence-electron chi connectivity index (χ3n) is 2.63. The van der Waals surface area contributed by atoms with E-state index in [0.717, 1.165) is 21.0 Å². The largest absolute Gasteiger partial charge is 0.204 e. The lowest BCUT2D eigenvalue weighted by Gasteiger charge is -1.97. The molecule has 1 aromatic heterocycles. The molecule has 0 spiro atoms. The highest BCUT2D eigenvalue weighted by atomic mass is 32.1. The van der Waals surface area contributed by atoms with Gasteiger partial charge in [0.2, 0.25) is 0 Å². The zero-order valence-electron chi connectivity index (χ0n) is 8.78. The Morgan fingerprint density at radius 1 is 0.824 bits per heavy atom. The van der Waals surface area contributed by atoms with E-state index in [1.54, 1.807) is 17.4 Å². The summed E-state index contributed by atoms with van der Waals surface area (Å²) in [6.45, 7) is 0. The minimum Gasteiger partial charge on any atom is -0.204 e. The second kappa shape index (κ2) is 3.93. The lowest BCUT2D eigenvalue weighted by Crippen LogP contribution is -1.83. The molecule has 3 aromatic rings. The summed E-state index contributed by atoms with van der Waals surface area (Å²) in [5.74, 6) is -1.62. The van der Waals surface area contributed by atoms with Gasteiger partial charge in [-0.25, -0.2) is 8.78 Å². The number of hydrogen-bond acceptors (Lipinski definition) is 1. The summed E-state index contributed by atoms with van der Waals surface area (Å²) in [6.07, 6.45) is 0. The van der Waals surface area contributed by atoms with Crippen molar-refractivity contribution in [2.24, 2.45) is 0 Å². The van der Waals surface area contributed by atoms with Crippen LogP contribution >= 0.6 is 11.3 Å². The van der Waals surface area contributed by atoms with Crippen LogP contribution in [0.4, 0.5) is 8.78 Å². The average molecular weight is 246 g/mol. The fourth-order valence-corrected chi connectivity index (χ4v) is 2.83. The van der Waals surface area contributed by atoms with Gasteiger partial charge < -0.3 is 0 Å². The van der Waals surface area contributed by atoms with Crippen LogP contribution < -0.4 is 0 Å². The van der Waals surface area contributed by atoms with Gasteiger partial charge in [-0.1, -0.05) is 24.3 Å². The average Bonchev–Trinajstić information content (AvgIpc) is 2.76. The Bertz CT molecular complexity index is 653. The molecule has 0 nitrogen and oxygen atoms in total. The maximum absolute atomic E-state index is 13.1. The van der Waals surface area contributed by atoms with Gasteiger partial charge in [-0.3, -0.25) is 0 Å². The van der Waals surface area contributed by atoms with Gasteiger partial charge in [0, 0.05) is 9.58 Å². The summed E-state index contributed by atoms with van der Waals surface area (Å²) in [6, 6.07) is 13.9. The molecule has 84 valence electrons. The molecule has 0 bridgehead atoms. The molecule has 3 heteroatoms. The van der Waals surface area contributed by atoms with E-state index >= 15 is 0 Å². The maximum Gasteiger partial charge on any atom is 0.159 e. The third-order valence-corrected chi connectivity index (χ3v) is 3.79. The molecule has 17 heavy (non-hydrogen) atoms. The predicted octanol–water partition coefficient (Wildman–Crippen LogP) is 4.85. The minimum absolute atomic E-state index is 0.713. The van der Waals surface area contributed by atoms with Crippen LogP contribution in [0, 0.1) is 11.6 Å². The molecule has 0 radical (unpaired) electrons. The molecule has 0 aliphatic heterocycles. The first-order chi connectivity index (χ1) is 8.24. The molecule has 3 rings (SSSR count). The molecule has 0 fully saturated rings. The fraction of sp³-hybridized carbons (Fsp3) is 0. The molecule has 0 aliphatic carbocycles. The van der Waals surface area contributed by atoms with Crippen molar-refractivity contribution in [3.63, 3.8) is 0 Å². The zero-order valence-corrected chi connectivity index (χ0v) is 9.60. The van der Waals surface area contributed by atoms with Gasteiger partial charge in [-0.2, -0.15) is 0 Å². The standard InChI is InChI=1S/C14H8F2S/c15-11-6-5-10(7-12(11)16)14-8-9-3-1-2-4-13(9)17-14/h1-8H. The number of fused-ring (bicyclic) bond motifs is 1. The van der Waals surface area contributed by atoms with Crippen molar-refractivity contribution >= 4 is 21.4 Å². The molecule has 0 atom stereocenters. The predicted molar refractivity (Wildman–Crippen MR) is 67.2 cm³/mol. The van der Waals surface area contributed by atoms with Gasteiger partial charge in [0.25, 0.3) is 0 Å². The van der Waals surface area contributed by atoms with E-state index in [1.165, 1.54) is 6.07 Å². The second-order valence-corrected chi connectivity index (χ2v) is 4.86. The molecule has 1 heterocycles. The van der Waals surface area contributed by atoms with Gasteiger partial charge >= 0.3 is 0 Å². The monoisotopic (exact) mass is 246 g/mol. The number of rotatable bonds is 1. The van der Waals surface area contributed by atoms with E-state index in [4.69, 9.17) is 0 Å². The fourth-order valence-electron chi connectivity index (χ4n) is 1.77. The van der Waals surface area contributed by atoms with Crippen molar-refractivity contribution in [3.05, 3.63) is 60.2 Å². The van der Waals surface area contributed by atoms with E-state index in [-0.39, 0.29) is 0 Å². The Morgan fingerprint density at radius 3 is 2.41 bits per heavy atom. The van der Waals surface area contributed by atoms with Crippen molar-refractivity contribution < 1.29 is 8.78 Å². The van der Waals surface area contributed by atoms with Gasteiger partial charge in [-0.05, 0) is 35.2 Å². The van der Waals surface area contributed by atoms with Crippen LogP contribution in [0.3, 0.4) is 0 Å². The molecule has 0 aliphatic rings. The van der Waals surface area contributed by atoms with Crippen molar-refractivity contribution in [1.29, 1.82) is 0 Å².